The third-order valence-corrected chi connectivity index (χ3v) is 8.36. The fraction of sp³-hybridized carbons (Fsp3) is 0. The summed E-state index contributed by atoms with van der Waals surface area (Å²) in [6.07, 6.45) is 0. The summed E-state index contributed by atoms with van der Waals surface area (Å²) >= 11 is 0. The third-order valence-electron chi connectivity index (χ3n) is 8.36. The van der Waals surface area contributed by atoms with Crippen molar-refractivity contribution in [1.82, 2.24) is 0 Å². The number of anilines is 4. The lowest BCUT2D eigenvalue weighted by Gasteiger charge is -2.25. The zero-order chi connectivity index (χ0) is 27.8. The number of furan rings is 2. The van der Waals surface area contributed by atoms with Crippen molar-refractivity contribution in [3.05, 3.63) is 133 Å². The van der Waals surface area contributed by atoms with Gasteiger partial charge in [0.25, 0.3) is 0 Å². The van der Waals surface area contributed by atoms with Crippen LogP contribution in [0.5, 0.6) is 0 Å². The Morgan fingerprint density at radius 3 is 1.38 bits per heavy atom. The number of benzene rings is 7. The molecule has 2 heterocycles. The molecule has 0 fully saturated rings. The fourth-order valence-electron chi connectivity index (χ4n) is 6.33. The van der Waals surface area contributed by atoms with E-state index in [1.165, 1.54) is 10.8 Å². The van der Waals surface area contributed by atoms with Gasteiger partial charge in [0, 0.05) is 67.2 Å². The van der Waals surface area contributed by atoms with Gasteiger partial charge in [0.05, 0.1) is 0 Å². The maximum absolute atomic E-state index is 6.53. The molecule has 7 aromatic carbocycles. The molecule has 0 radical (unpaired) electrons. The fourth-order valence-corrected chi connectivity index (χ4v) is 6.33. The first-order valence-corrected chi connectivity index (χ1v) is 14.0. The molecule has 9 aromatic rings. The minimum atomic E-state index is 0.720. The van der Waals surface area contributed by atoms with E-state index in [1.807, 2.05) is 24.3 Å². The van der Waals surface area contributed by atoms with Gasteiger partial charge in [-0.2, -0.15) is 0 Å². The summed E-state index contributed by atoms with van der Waals surface area (Å²) in [6.45, 7) is 0. The SMILES string of the molecule is Nc1ccc(N(c2ccc3c(c2)oc2c4ccccc4ccc32)c2ccc3c(c2)oc2c4ccccc4ccc32)cc1. The van der Waals surface area contributed by atoms with Crippen LogP contribution in [0, 0.1) is 0 Å². The van der Waals surface area contributed by atoms with E-state index in [0.29, 0.717) is 0 Å². The van der Waals surface area contributed by atoms with Crippen LogP contribution in [0.25, 0.3) is 65.4 Å². The second-order valence-electron chi connectivity index (χ2n) is 10.8. The first-order chi connectivity index (χ1) is 20.7. The average Bonchev–Trinajstić information content (AvgIpc) is 3.60. The van der Waals surface area contributed by atoms with Crippen molar-refractivity contribution in [2.45, 2.75) is 0 Å². The van der Waals surface area contributed by atoms with Crippen LogP contribution in [0.3, 0.4) is 0 Å². The predicted octanol–water partition coefficient (Wildman–Crippen LogP) is 10.8. The molecule has 0 aliphatic heterocycles. The van der Waals surface area contributed by atoms with Crippen molar-refractivity contribution < 1.29 is 8.83 Å². The number of nitrogens with two attached hydrogens (primary N) is 1. The molecular formula is C38H24N2O2. The van der Waals surface area contributed by atoms with Crippen molar-refractivity contribution in [1.29, 1.82) is 0 Å². The maximum atomic E-state index is 6.53. The van der Waals surface area contributed by atoms with Gasteiger partial charge in [-0.1, -0.05) is 60.7 Å². The number of hydrogen-bond donors (Lipinski definition) is 1. The van der Waals surface area contributed by atoms with Crippen LogP contribution in [-0.4, -0.2) is 0 Å². The van der Waals surface area contributed by atoms with Crippen LogP contribution in [0.1, 0.15) is 0 Å². The summed E-state index contributed by atoms with van der Waals surface area (Å²) in [6, 6.07) is 46.1. The first kappa shape index (κ1) is 23.0. The Balaban J connectivity index is 1.26. The molecular weight excluding hydrogens is 516 g/mol. The highest BCUT2D eigenvalue weighted by Gasteiger charge is 2.18. The van der Waals surface area contributed by atoms with E-state index in [-0.39, 0.29) is 0 Å². The van der Waals surface area contributed by atoms with Crippen molar-refractivity contribution in [2.24, 2.45) is 0 Å². The molecule has 4 heteroatoms. The molecule has 0 saturated carbocycles. The molecule has 0 aliphatic rings. The van der Waals surface area contributed by atoms with Crippen molar-refractivity contribution >= 4 is 88.2 Å². The largest absolute Gasteiger partial charge is 0.455 e. The Kier molecular flexibility index (Phi) is 4.73. The zero-order valence-electron chi connectivity index (χ0n) is 22.5. The summed E-state index contributed by atoms with van der Waals surface area (Å²) in [5, 5.41) is 8.99. The van der Waals surface area contributed by atoms with E-state index in [2.05, 4.69) is 114 Å². The lowest BCUT2D eigenvalue weighted by atomic mass is 10.1. The summed E-state index contributed by atoms with van der Waals surface area (Å²) in [4.78, 5) is 2.22. The quantitative estimate of drug-likeness (QED) is 0.226. The lowest BCUT2D eigenvalue weighted by Crippen LogP contribution is -2.09. The molecule has 0 spiro atoms. The van der Waals surface area contributed by atoms with E-state index >= 15 is 0 Å². The number of rotatable bonds is 3. The average molecular weight is 541 g/mol. The van der Waals surface area contributed by atoms with Crippen LogP contribution >= 0.6 is 0 Å². The summed E-state index contributed by atoms with van der Waals surface area (Å²) < 4.78 is 13.1. The Morgan fingerprint density at radius 2 is 0.857 bits per heavy atom. The molecule has 42 heavy (non-hydrogen) atoms. The summed E-state index contributed by atoms with van der Waals surface area (Å²) in [7, 11) is 0. The Morgan fingerprint density at radius 1 is 0.405 bits per heavy atom. The third kappa shape index (κ3) is 3.36. The lowest BCUT2D eigenvalue weighted by molar-refractivity contribution is 0.672. The molecule has 4 nitrogen and oxygen atoms in total. The molecule has 198 valence electrons. The summed E-state index contributed by atoms with van der Waals surface area (Å²) in [5.74, 6) is 0. The van der Waals surface area contributed by atoms with Crippen LogP contribution in [0.4, 0.5) is 22.7 Å². The number of nitrogen functional groups attached to an aromatic ring is 1. The van der Waals surface area contributed by atoms with Gasteiger partial charge >= 0.3 is 0 Å². The molecule has 0 aliphatic carbocycles. The van der Waals surface area contributed by atoms with Gasteiger partial charge in [-0.25, -0.2) is 0 Å². The van der Waals surface area contributed by atoms with Crippen LogP contribution in [0.15, 0.2) is 142 Å². The van der Waals surface area contributed by atoms with E-state index in [0.717, 1.165) is 77.4 Å². The normalized spacial score (nSPS) is 11.9. The highest BCUT2D eigenvalue weighted by atomic mass is 16.3. The topological polar surface area (TPSA) is 55.5 Å². The molecule has 0 saturated heterocycles. The molecule has 0 bridgehead atoms. The smallest absolute Gasteiger partial charge is 0.143 e. The van der Waals surface area contributed by atoms with Gasteiger partial charge in [-0.3, -0.25) is 0 Å². The number of hydrogen-bond acceptors (Lipinski definition) is 4. The maximum Gasteiger partial charge on any atom is 0.143 e. The van der Waals surface area contributed by atoms with E-state index in [1.54, 1.807) is 0 Å². The van der Waals surface area contributed by atoms with Crippen molar-refractivity contribution in [3.8, 4) is 0 Å². The second-order valence-corrected chi connectivity index (χ2v) is 10.8. The minimum absolute atomic E-state index is 0.720. The van der Waals surface area contributed by atoms with Gasteiger partial charge < -0.3 is 19.5 Å². The molecule has 2 N–H and O–H groups in total. The molecule has 0 unspecified atom stereocenters. The van der Waals surface area contributed by atoms with Gasteiger partial charge in [-0.15, -0.1) is 0 Å². The van der Waals surface area contributed by atoms with Crippen LogP contribution in [-0.2, 0) is 0 Å². The zero-order valence-corrected chi connectivity index (χ0v) is 22.5. The molecule has 2 aromatic heterocycles. The standard InChI is InChI=1S/C38H24N2O2/c39-25-11-13-26(14-12-25)40(27-15-19-31-33-17-9-23-5-1-3-7-29(23)37(33)41-35(31)21-27)28-16-20-32-34-18-10-24-6-2-4-8-30(24)38(34)42-36(32)22-28/h1-22H,39H2. The Bertz CT molecular complexity index is 2330. The second kappa shape index (κ2) is 8.63. The van der Waals surface area contributed by atoms with Gasteiger partial charge in [0.1, 0.15) is 22.3 Å². The van der Waals surface area contributed by atoms with E-state index < -0.39 is 0 Å². The Labute approximate surface area is 240 Å². The molecule has 9 rings (SSSR count). The summed E-state index contributed by atoms with van der Waals surface area (Å²) in [5.41, 5.74) is 13.3. The highest BCUT2D eigenvalue weighted by molar-refractivity contribution is 6.16. The van der Waals surface area contributed by atoms with Crippen molar-refractivity contribution in [3.63, 3.8) is 0 Å². The molecule has 0 atom stereocenters. The predicted molar refractivity (Wildman–Crippen MR) is 175 cm³/mol. The van der Waals surface area contributed by atoms with Gasteiger partial charge in [-0.05, 0) is 71.4 Å². The van der Waals surface area contributed by atoms with Gasteiger partial charge in [0.15, 0.2) is 0 Å². The molecule has 0 amide bonds. The van der Waals surface area contributed by atoms with Crippen LogP contribution in [0.2, 0.25) is 0 Å². The number of nitrogens with zero attached hydrogens (tertiary/aromatic N) is 1. The minimum Gasteiger partial charge on any atom is -0.455 e. The Hall–Kier alpha value is -5.74. The van der Waals surface area contributed by atoms with Crippen molar-refractivity contribution in [2.75, 3.05) is 10.6 Å². The van der Waals surface area contributed by atoms with Gasteiger partial charge in [0.2, 0.25) is 0 Å². The first-order valence-electron chi connectivity index (χ1n) is 14.0. The highest BCUT2D eigenvalue weighted by Crippen LogP contribution is 2.42. The van der Waals surface area contributed by atoms with Crippen LogP contribution < -0.4 is 10.6 Å². The monoisotopic (exact) mass is 540 g/mol. The van der Waals surface area contributed by atoms with E-state index in [4.69, 9.17) is 14.6 Å². The van der Waals surface area contributed by atoms with E-state index in [9.17, 15) is 0 Å². The number of fused-ring (bicyclic) bond motifs is 10.